The van der Waals surface area contributed by atoms with Crippen LogP contribution in [0.3, 0.4) is 0 Å². The van der Waals surface area contributed by atoms with Crippen molar-refractivity contribution in [2.45, 2.75) is 0 Å². The van der Waals surface area contributed by atoms with E-state index >= 15 is 0 Å². The maximum atomic E-state index is 8.88. The molecule has 0 aliphatic heterocycles. The van der Waals surface area contributed by atoms with Crippen LogP contribution in [0.5, 0.6) is 0 Å². The third-order valence-corrected chi connectivity index (χ3v) is 0. The van der Waals surface area contributed by atoms with Crippen molar-refractivity contribution in [2.75, 3.05) is 0 Å². The molecule has 0 atom stereocenters. The standard InChI is InChI=1S/Ba.ClH.H3O4P.2H/c;;1-5(2,3)4;;/h;1H;(H3,1,2,3,4);;. The Hall–Kier alpha value is 1.97. The Morgan fingerprint density at radius 2 is 1.14 bits per heavy atom. The summed E-state index contributed by atoms with van der Waals surface area (Å²) in [5.74, 6) is 0. The van der Waals surface area contributed by atoms with Crippen LogP contribution in [0.2, 0.25) is 0 Å². The van der Waals surface area contributed by atoms with Crippen molar-refractivity contribution < 1.29 is 19.2 Å². The molecule has 0 aromatic heterocycles. The first-order chi connectivity index (χ1) is 2.00. The van der Waals surface area contributed by atoms with Crippen molar-refractivity contribution in [3.8, 4) is 0 Å². The summed E-state index contributed by atoms with van der Waals surface area (Å²) in [6.45, 7) is 0. The quantitative estimate of drug-likeness (QED) is 0.374. The monoisotopic (exact) mass is 274 g/mol. The Morgan fingerprint density at radius 1 is 1.14 bits per heavy atom. The third-order valence-electron chi connectivity index (χ3n) is 0. The van der Waals surface area contributed by atoms with Crippen molar-refractivity contribution in [3.05, 3.63) is 0 Å². The van der Waals surface area contributed by atoms with Gasteiger partial charge in [-0.25, -0.2) is 4.57 Å². The van der Waals surface area contributed by atoms with Gasteiger partial charge in [0.25, 0.3) is 0 Å². The molecule has 0 rings (SSSR count). The molecule has 0 amide bonds. The van der Waals surface area contributed by atoms with E-state index in [0.29, 0.717) is 0 Å². The Labute approximate surface area is 87.0 Å². The number of hydrogen-bond acceptors (Lipinski definition) is 1. The maximum absolute atomic E-state index is 8.88. The molecule has 0 radical (unpaired) electrons. The van der Waals surface area contributed by atoms with E-state index in [9.17, 15) is 0 Å². The van der Waals surface area contributed by atoms with E-state index in [1.807, 2.05) is 0 Å². The number of hydrogen-bond donors (Lipinski definition) is 3. The Morgan fingerprint density at radius 3 is 1.14 bits per heavy atom. The summed E-state index contributed by atoms with van der Waals surface area (Å²) in [7, 11) is -4.64. The fourth-order valence-electron chi connectivity index (χ4n) is 0. The van der Waals surface area contributed by atoms with Gasteiger partial charge < -0.3 is 14.7 Å². The molecule has 0 aromatic rings. The molecular formula is H6BaClO4P. The number of phosphoric acid groups is 1. The van der Waals surface area contributed by atoms with Crippen molar-refractivity contribution in [1.29, 1.82) is 0 Å². The first kappa shape index (κ1) is 16.0. The molecule has 4 nitrogen and oxygen atoms in total. The number of halogens is 1. The van der Waals surface area contributed by atoms with Crippen LogP contribution in [0.15, 0.2) is 0 Å². The Balaban J connectivity index is -0.0000000800. The Kier molecular flexibility index (Phi) is 13.9. The molecule has 0 heterocycles. The fourth-order valence-corrected chi connectivity index (χ4v) is 0. The van der Waals surface area contributed by atoms with Gasteiger partial charge in [0, 0.05) is 0 Å². The SMILES string of the molecule is Cl.O=P(O)(O)O.[BaH2]. The van der Waals surface area contributed by atoms with Crippen molar-refractivity contribution in [3.63, 3.8) is 0 Å². The summed E-state index contributed by atoms with van der Waals surface area (Å²) in [6.07, 6.45) is 0. The van der Waals surface area contributed by atoms with Gasteiger partial charge in [-0.15, -0.1) is 12.4 Å². The first-order valence-corrected chi connectivity index (χ1v) is 2.35. The topological polar surface area (TPSA) is 77.8 Å². The number of rotatable bonds is 0. The van der Waals surface area contributed by atoms with E-state index in [1.165, 1.54) is 0 Å². The van der Waals surface area contributed by atoms with Crippen LogP contribution in [-0.4, -0.2) is 63.6 Å². The molecule has 7 heteroatoms. The van der Waals surface area contributed by atoms with Gasteiger partial charge in [-0.05, 0) is 0 Å². The molecule has 3 N–H and O–H groups in total. The first-order valence-electron chi connectivity index (χ1n) is 0.783. The van der Waals surface area contributed by atoms with Crippen LogP contribution < -0.4 is 0 Å². The van der Waals surface area contributed by atoms with Gasteiger partial charge in [-0.2, -0.15) is 0 Å². The van der Waals surface area contributed by atoms with Crippen LogP contribution >= 0.6 is 20.2 Å². The van der Waals surface area contributed by atoms with E-state index in [0.717, 1.165) is 0 Å². The molecule has 7 heavy (non-hydrogen) atoms. The average molecular weight is 274 g/mol. The molecule has 0 fully saturated rings. The zero-order valence-corrected chi connectivity index (χ0v) is 4.32. The molecule has 0 aliphatic carbocycles. The van der Waals surface area contributed by atoms with Crippen molar-refractivity contribution in [2.24, 2.45) is 0 Å². The zero-order chi connectivity index (χ0) is 4.50. The van der Waals surface area contributed by atoms with Crippen LogP contribution in [-0.2, 0) is 4.57 Å². The summed E-state index contributed by atoms with van der Waals surface area (Å²) < 4.78 is 8.88. The minimum atomic E-state index is -4.64. The molecule has 0 saturated heterocycles. The normalized spacial score (nSPS) is 8.43. The van der Waals surface area contributed by atoms with Gasteiger partial charge in [0.2, 0.25) is 0 Å². The zero-order valence-electron chi connectivity index (χ0n) is 2.61. The van der Waals surface area contributed by atoms with Crippen molar-refractivity contribution >= 4 is 69.1 Å². The van der Waals surface area contributed by atoms with E-state index in [2.05, 4.69) is 0 Å². The molecule has 44 valence electrons. The van der Waals surface area contributed by atoms with E-state index in [1.54, 1.807) is 0 Å². The third kappa shape index (κ3) is 73.1. The summed E-state index contributed by atoms with van der Waals surface area (Å²) in [6, 6.07) is 0. The predicted octanol–water partition coefficient (Wildman–Crippen LogP) is -1.42. The van der Waals surface area contributed by atoms with Gasteiger partial charge in [-0.3, -0.25) is 0 Å². The predicted molar refractivity (Wildman–Crippen MR) is 30.1 cm³/mol. The van der Waals surface area contributed by atoms with E-state index < -0.39 is 7.82 Å². The molecular weight excluding hydrogens is 268 g/mol. The molecule has 0 unspecified atom stereocenters. The van der Waals surface area contributed by atoms with Gasteiger partial charge in [-0.1, -0.05) is 0 Å². The van der Waals surface area contributed by atoms with Gasteiger partial charge in [0.15, 0.2) is 0 Å². The minimum absolute atomic E-state index is 0. The average Bonchev–Trinajstić information content (AvgIpc) is 0.722. The molecule has 0 aromatic carbocycles. The van der Waals surface area contributed by atoms with Gasteiger partial charge in [0.1, 0.15) is 0 Å². The van der Waals surface area contributed by atoms with Crippen LogP contribution in [0, 0.1) is 0 Å². The second-order valence-electron chi connectivity index (χ2n) is 0.513. The van der Waals surface area contributed by atoms with Crippen LogP contribution in [0.4, 0.5) is 0 Å². The molecule has 0 saturated carbocycles. The summed E-state index contributed by atoms with van der Waals surface area (Å²) in [5, 5.41) is 0. The summed E-state index contributed by atoms with van der Waals surface area (Å²) >= 11 is 0. The van der Waals surface area contributed by atoms with Crippen LogP contribution in [0.25, 0.3) is 0 Å². The molecule has 0 aliphatic rings. The van der Waals surface area contributed by atoms with Gasteiger partial charge in [0.05, 0.1) is 0 Å². The second kappa shape index (κ2) is 6.10. The summed E-state index contributed by atoms with van der Waals surface area (Å²) in [5.41, 5.74) is 0. The Bertz CT molecular complexity index is 57.8. The second-order valence-corrected chi connectivity index (χ2v) is 1.54. The van der Waals surface area contributed by atoms with Crippen molar-refractivity contribution in [1.82, 2.24) is 0 Å². The fraction of sp³-hybridized carbons (Fsp3) is 0. The molecule has 0 spiro atoms. The molecule has 0 bridgehead atoms. The summed E-state index contributed by atoms with van der Waals surface area (Å²) in [4.78, 5) is 21.6. The van der Waals surface area contributed by atoms with Gasteiger partial charge >= 0.3 is 56.7 Å². The van der Waals surface area contributed by atoms with E-state index in [4.69, 9.17) is 19.2 Å². The van der Waals surface area contributed by atoms with E-state index in [-0.39, 0.29) is 61.3 Å². The van der Waals surface area contributed by atoms with Crippen LogP contribution in [0.1, 0.15) is 0 Å².